The second kappa shape index (κ2) is 5.54. The van der Waals surface area contributed by atoms with E-state index in [9.17, 15) is 4.79 Å². The summed E-state index contributed by atoms with van der Waals surface area (Å²) < 4.78 is 0. The molecule has 4 nitrogen and oxygen atoms in total. The molecule has 0 aliphatic rings. The summed E-state index contributed by atoms with van der Waals surface area (Å²) in [5.74, 6) is 0.542. The number of hydrogen-bond acceptors (Lipinski definition) is 3. The van der Waals surface area contributed by atoms with Crippen molar-refractivity contribution in [1.29, 1.82) is 0 Å². The third-order valence-corrected chi connectivity index (χ3v) is 1.78. The Morgan fingerprint density at radius 2 is 2.20 bits per heavy atom. The van der Waals surface area contributed by atoms with Crippen molar-refractivity contribution < 1.29 is 25.2 Å². The van der Waals surface area contributed by atoms with Crippen LogP contribution >= 0.6 is 0 Å². The van der Waals surface area contributed by atoms with Crippen molar-refractivity contribution in [3.05, 3.63) is 36.4 Å². The zero-order valence-electron chi connectivity index (χ0n) is 7.74. The Labute approximate surface area is 101 Å². The zero-order chi connectivity index (χ0) is 9.80. The molecule has 2 aromatic rings. The number of aromatic nitrogens is 3. The molecular formula is C10H8N3OPd-. The molecule has 2 heterocycles. The van der Waals surface area contributed by atoms with Gasteiger partial charge in [0.25, 0.3) is 0 Å². The van der Waals surface area contributed by atoms with Gasteiger partial charge in [-0.25, -0.2) is 0 Å². The summed E-state index contributed by atoms with van der Waals surface area (Å²) in [6.45, 7) is 0. The number of imidazole rings is 1. The van der Waals surface area contributed by atoms with E-state index in [0.29, 0.717) is 11.5 Å². The third-order valence-electron chi connectivity index (χ3n) is 1.78. The van der Waals surface area contributed by atoms with Crippen molar-refractivity contribution >= 4 is 6.29 Å². The van der Waals surface area contributed by atoms with Gasteiger partial charge in [0, 0.05) is 33.0 Å². The molecule has 0 aliphatic carbocycles. The van der Waals surface area contributed by atoms with Gasteiger partial charge in [-0.2, -0.15) is 0 Å². The molecule has 0 atom stereocenters. The topological polar surface area (TPSA) is 57.0 Å². The largest absolute Gasteiger partial charge is 0.445 e. The van der Waals surface area contributed by atoms with E-state index in [2.05, 4.69) is 15.0 Å². The molecular weight excluding hydrogens is 285 g/mol. The van der Waals surface area contributed by atoms with E-state index >= 15 is 0 Å². The summed E-state index contributed by atoms with van der Waals surface area (Å²) in [5.41, 5.74) is 1.49. The minimum Gasteiger partial charge on any atom is -0.445 e. The fraction of sp³-hybridized carbons (Fsp3) is 0.100. The molecule has 0 aliphatic heterocycles. The number of aldehydes is 1. The summed E-state index contributed by atoms with van der Waals surface area (Å²) in [6, 6.07) is 5.58. The first-order chi connectivity index (χ1) is 6.90. The van der Waals surface area contributed by atoms with E-state index in [-0.39, 0.29) is 26.8 Å². The number of carbonyl (C=O) groups excluding carboxylic acids is 1. The first kappa shape index (κ1) is 11.8. The number of nitrogens with zero attached hydrogens (tertiary/aromatic N) is 3. The molecule has 0 saturated heterocycles. The molecule has 0 unspecified atom stereocenters. The molecule has 15 heavy (non-hydrogen) atoms. The number of carbonyl (C=O) groups is 1. The fourth-order valence-electron chi connectivity index (χ4n) is 1.14. The monoisotopic (exact) mass is 292 g/mol. The van der Waals surface area contributed by atoms with Crippen LogP contribution in [0, 0.1) is 0 Å². The first-order valence-electron chi connectivity index (χ1n) is 4.24. The normalized spacial score (nSPS) is 9.33. The van der Waals surface area contributed by atoms with Crippen molar-refractivity contribution in [1.82, 2.24) is 15.0 Å². The fourth-order valence-corrected chi connectivity index (χ4v) is 1.14. The van der Waals surface area contributed by atoms with E-state index in [1.54, 1.807) is 12.4 Å². The van der Waals surface area contributed by atoms with Crippen molar-refractivity contribution in [3.8, 4) is 11.4 Å². The van der Waals surface area contributed by atoms with Gasteiger partial charge in [-0.05, 0) is 17.8 Å². The molecule has 0 saturated carbocycles. The molecule has 0 radical (unpaired) electrons. The van der Waals surface area contributed by atoms with Crippen LogP contribution in [-0.4, -0.2) is 16.3 Å². The molecule has 80 valence electrons. The average molecular weight is 293 g/mol. The number of pyridine rings is 1. The van der Waals surface area contributed by atoms with Gasteiger partial charge in [-0.1, -0.05) is 18.1 Å². The number of hydrogen-bond donors (Lipinski definition) is 0. The van der Waals surface area contributed by atoms with Crippen LogP contribution in [0.3, 0.4) is 0 Å². The Balaban J connectivity index is 0.00000112. The smallest absolute Gasteiger partial charge is 0.123 e. The summed E-state index contributed by atoms with van der Waals surface area (Å²) in [7, 11) is 0. The SMILES string of the molecule is O=CCc1ncc(-c2ccccn2)[n-]1.[Pd]. The summed E-state index contributed by atoms with van der Waals surface area (Å²) in [6.07, 6.45) is 4.37. The Kier molecular flexibility index (Phi) is 4.35. The second-order valence-electron chi connectivity index (χ2n) is 2.76. The van der Waals surface area contributed by atoms with Crippen LogP contribution in [0.1, 0.15) is 5.82 Å². The van der Waals surface area contributed by atoms with Crippen molar-refractivity contribution in [3.63, 3.8) is 0 Å². The Morgan fingerprint density at radius 1 is 1.33 bits per heavy atom. The Hall–Kier alpha value is -1.31. The molecule has 2 rings (SSSR count). The van der Waals surface area contributed by atoms with Crippen molar-refractivity contribution in [2.45, 2.75) is 6.42 Å². The predicted octanol–water partition coefficient (Wildman–Crippen LogP) is 0.840. The quantitative estimate of drug-likeness (QED) is 0.621. The molecule has 0 bridgehead atoms. The van der Waals surface area contributed by atoms with Crippen LogP contribution in [0.25, 0.3) is 11.4 Å². The Morgan fingerprint density at radius 3 is 2.87 bits per heavy atom. The number of rotatable bonds is 3. The third kappa shape index (κ3) is 2.82. The zero-order valence-corrected chi connectivity index (χ0v) is 9.29. The van der Waals surface area contributed by atoms with Crippen molar-refractivity contribution in [2.75, 3.05) is 0 Å². The van der Waals surface area contributed by atoms with Gasteiger partial charge in [0.2, 0.25) is 0 Å². The van der Waals surface area contributed by atoms with Gasteiger partial charge in [-0.3, -0.25) is 4.98 Å². The maximum absolute atomic E-state index is 10.2. The van der Waals surface area contributed by atoms with E-state index < -0.39 is 0 Å². The average Bonchev–Trinajstić information content (AvgIpc) is 2.68. The Bertz CT molecular complexity index is 427. The summed E-state index contributed by atoms with van der Waals surface area (Å²) >= 11 is 0. The van der Waals surface area contributed by atoms with Crippen LogP contribution in [0.5, 0.6) is 0 Å². The van der Waals surface area contributed by atoms with E-state index in [1.807, 2.05) is 18.2 Å². The van der Waals surface area contributed by atoms with Gasteiger partial charge in [0.15, 0.2) is 0 Å². The maximum atomic E-state index is 10.2. The maximum Gasteiger partial charge on any atom is 0.123 e. The molecule has 0 amide bonds. The van der Waals surface area contributed by atoms with E-state index in [0.717, 1.165) is 12.0 Å². The summed E-state index contributed by atoms with van der Waals surface area (Å²) in [5, 5.41) is 0. The standard InChI is InChI=1S/C10H8N3O.Pd/c14-6-4-10-12-7-9(13-10)8-3-1-2-5-11-8;/h1-3,5-7H,4H2;/q-1;. The molecule has 0 fully saturated rings. The second-order valence-corrected chi connectivity index (χ2v) is 2.76. The van der Waals surface area contributed by atoms with Crippen LogP contribution in [-0.2, 0) is 31.6 Å². The van der Waals surface area contributed by atoms with Gasteiger partial charge in [-0.15, -0.1) is 0 Å². The molecule has 0 aromatic carbocycles. The van der Waals surface area contributed by atoms with E-state index in [1.165, 1.54) is 0 Å². The van der Waals surface area contributed by atoms with Crippen LogP contribution in [0.2, 0.25) is 0 Å². The summed E-state index contributed by atoms with van der Waals surface area (Å²) in [4.78, 5) is 22.5. The van der Waals surface area contributed by atoms with Crippen LogP contribution < -0.4 is 4.98 Å². The first-order valence-corrected chi connectivity index (χ1v) is 4.24. The van der Waals surface area contributed by atoms with Gasteiger partial charge in [0.05, 0.1) is 5.69 Å². The van der Waals surface area contributed by atoms with Crippen LogP contribution in [0.4, 0.5) is 0 Å². The molecule has 0 N–H and O–H groups in total. The van der Waals surface area contributed by atoms with E-state index in [4.69, 9.17) is 0 Å². The van der Waals surface area contributed by atoms with Gasteiger partial charge < -0.3 is 14.8 Å². The molecule has 5 heteroatoms. The minimum absolute atomic E-state index is 0. The molecule has 0 spiro atoms. The van der Waals surface area contributed by atoms with Gasteiger partial charge >= 0.3 is 0 Å². The van der Waals surface area contributed by atoms with Crippen LogP contribution in [0.15, 0.2) is 30.6 Å². The minimum atomic E-state index is 0. The van der Waals surface area contributed by atoms with Crippen molar-refractivity contribution in [2.24, 2.45) is 0 Å². The molecule has 2 aromatic heterocycles. The predicted molar refractivity (Wildman–Crippen MR) is 50.6 cm³/mol. The van der Waals surface area contributed by atoms with Gasteiger partial charge in [0.1, 0.15) is 6.29 Å².